The second-order valence-corrected chi connectivity index (χ2v) is 3.30. The molecule has 1 heterocycles. The van der Waals surface area contributed by atoms with Crippen LogP contribution in [0, 0.1) is 5.41 Å². The molecule has 1 unspecified atom stereocenters. The Hall–Kier alpha value is -0.560. The summed E-state index contributed by atoms with van der Waals surface area (Å²) in [6.45, 7) is 1.66. The fourth-order valence-corrected chi connectivity index (χ4v) is 1.41. The normalized spacial score (nSPS) is 24.2. The van der Waals surface area contributed by atoms with Gasteiger partial charge in [-0.05, 0) is 0 Å². The van der Waals surface area contributed by atoms with Gasteiger partial charge in [-0.15, -0.1) is 5.14 Å². The maximum Gasteiger partial charge on any atom is 0.212 e. The van der Waals surface area contributed by atoms with Gasteiger partial charge in [0.2, 0.25) is 4.91 Å². The van der Waals surface area contributed by atoms with Crippen LogP contribution >= 0.6 is 0 Å². The van der Waals surface area contributed by atoms with E-state index in [4.69, 9.17) is 15.3 Å². The van der Waals surface area contributed by atoms with Crippen molar-refractivity contribution >= 4 is 17.6 Å². The molecule has 0 bridgehead atoms. The Balaban J connectivity index is 2.75. The first-order chi connectivity index (χ1) is 5.75. The zero-order chi connectivity index (χ0) is 8.97. The molecular formula is C6H11N3O2S. The molecule has 1 aliphatic heterocycles. The second kappa shape index (κ2) is 4.46. The van der Waals surface area contributed by atoms with E-state index in [2.05, 4.69) is 5.32 Å². The summed E-state index contributed by atoms with van der Waals surface area (Å²) in [5, 5.41) is 15.1. The van der Waals surface area contributed by atoms with Crippen molar-refractivity contribution in [2.45, 2.75) is 0 Å². The van der Waals surface area contributed by atoms with E-state index < -0.39 is 11.4 Å². The van der Waals surface area contributed by atoms with Gasteiger partial charge in [0.25, 0.3) is 0 Å². The Bertz CT molecular complexity index is 197. The zero-order valence-corrected chi connectivity index (χ0v) is 7.32. The van der Waals surface area contributed by atoms with E-state index in [1.165, 1.54) is 0 Å². The third kappa shape index (κ3) is 2.21. The van der Waals surface area contributed by atoms with Crippen LogP contribution in [0.15, 0.2) is 10.6 Å². The van der Waals surface area contributed by atoms with Crippen LogP contribution in [0.5, 0.6) is 0 Å². The van der Waals surface area contributed by atoms with Gasteiger partial charge in [-0.2, -0.15) is 0 Å². The predicted molar refractivity (Wildman–Crippen MR) is 47.0 cm³/mol. The van der Waals surface area contributed by atoms with Crippen molar-refractivity contribution in [1.29, 1.82) is 5.41 Å². The van der Waals surface area contributed by atoms with Gasteiger partial charge in [0, 0.05) is 6.54 Å². The lowest BCUT2D eigenvalue weighted by molar-refractivity contribution is 0.132. The predicted octanol–water partition coefficient (Wildman–Crippen LogP) is -0.910. The van der Waals surface area contributed by atoms with Gasteiger partial charge in [-0.3, -0.25) is 0 Å². The molecule has 6 heteroatoms. The lowest BCUT2D eigenvalue weighted by Gasteiger charge is -2.18. The van der Waals surface area contributed by atoms with Crippen molar-refractivity contribution in [3.8, 4) is 0 Å². The molecule has 1 rings (SSSR count). The average Bonchev–Trinajstić information content (AvgIpc) is 2.07. The minimum Gasteiger partial charge on any atom is -0.593 e. The van der Waals surface area contributed by atoms with Gasteiger partial charge in [0.05, 0.1) is 36.5 Å². The van der Waals surface area contributed by atoms with E-state index in [-0.39, 0.29) is 0 Å². The summed E-state index contributed by atoms with van der Waals surface area (Å²) in [7, 11) is 0. The first-order valence-corrected chi connectivity index (χ1v) is 4.68. The highest BCUT2D eigenvalue weighted by Crippen LogP contribution is 2.07. The third-order valence-electron chi connectivity index (χ3n) is 1.48. The Morgan fingerprint density at radius 3 is 3.00 bits per heavy atom. The van der Waals surface area contributed by atoms with Crippen molar-refractivity contribution < 1.29 is 9.29 Å². The lowest BCUT2D eigenvalue weighted by atomic mass is 10.4. The van der Waals surface area contributed by atoms with E-state index in [0.29, 0.717) is 30.4 Å². The largest absolute Gasteiger partial charge is 0.593 e. The summed E-state index contributed by atoms with van der Waals surface area (Å²) < 4.78 is 16.0. The van der Waals surface area contributed by atoms with Crippen LogP contribution in [0.4, 0.5) is 0 Å². The molecule has 4 N–H and O–H groups in total. The molecule has 1 atom stereocenters. The van der Waals surface area contributed by atoms with Crippen LogP contribution in [0.25, 0.3) is 0 Å². The number of hydrogen-bond acceptors (Lipinski definition) is 5. The van der Waals surface area contributed by atoms with Crippen LogP contribution in [0.1, 0.15) is 0 Å². The minimum atomic E-state index is -1.61. The molecule has 68 valence electrons. The summed E-state index contributed by atoms with van der Waals surface area (Å²) in [4.78, 5) is 0.301. The summed E-state index contributed by atoms with van der Waals surface area (Å²) in [5.41, 5.74) is 0.650. The van der Waals surface area contributed by atoms with E-state index in [1.54, 1.807) is 0 Å². The van der Waals surface area contributed by atoms with Gasteiger partial charge in [-0.25, -0.2) is 0 Å². The molecule has 0 aromatic carbocycles. The summed E-state index contributed by atoms with van der Waals surface area (Å²) >= 11 is -1.61. The molecule has 0 amide bonds. The van der Waals surface area contributed by atoms with Gasteiger partial charge in [-0.1, -0.05) is 0 Å². The minimum absolute atomic E-state index is 0.301. The lowest BCUT2D eigenvalue weighted by Crippen LogP contribution is -2.32. The Morgan fingerprint density at radius 1 is 1.83 bits per heavy atom. The van der Waals surface area contributed by atoms with E-state index >= 15 is 0 Å². The molecule has 0 radical (unpaired) electrons. The van der Waals surface area contributed by atoms with Crippen LogP contribution < -0.4 is 10.5 Å². The quantitative estimate of drug-likeness (QED) is 0.387. The molecule has 5 nitrogen and oxygen atoms in total. The molecule has 0 aromatic rings. The Kier molecular flexibility index (Phi) is 3.54. The SMILES string of the molecule is N=C/C(=C1/COCCN1)[S+](N)[O-]. The maximum absolute atomic E-state index is 10.9. The maximum atomic E-state index is 10.9. The Labute approximate surface area is 73.8 Å². The number of nitrogens with two attached hydrogens (primary N) is 1. The first-order valence-electron chi connectivity index (χ1n) is 3.47. The van der Waals surface area contributed by atoms with Gasteiger partial charge < -0.3 is 20.0 Å². The van der Waals surface area contributed by atoms with Gasteiger partial charge >= 0.3 is 0 Å². The fourth-order valence-electron chi connectivity index (χ4n) is 0.924. The topological polar surface area (TPSA) is 94.2 Å². The first kappa shape index (κ1) is 9.53. The monoisotopic (exact) mass is 189 g/mol. The van der Waals surface area contributed by atoms with E-state index in [0.717, 1.165) is 6.21 Å². The standard InChI is InChI=1S/C6H11N3O2S/c7-3-6(12(8)10)5-4-11-2-1-9-5/h3,7,9H,1-2,4,8H2/b6-5+,7-3?. The van der Waals surface area contributed by atoms with Gasteiger partial charge in [0.1, 0.15) is 0 Å². The molecule has 1 aliphatic rings. The van der Waals surface area contributed by atoms with Crippen molar-refractivity contribution in [2.24, 2.45) is 5.14 Å². The smallest absolute Gasteiger partial charge is 0.212 e. The number of morpholine rings is 1. The molecule has 0 aliphatic carbocycles. The summed E-state index contributed by atoms with van der Waals surface area (Å²) in [5.74, 6) is 0. The Morgan fingerprint density at radius 2 is 2.58 bits per heavy atom. The highest BCUT2D eigenvalue weighted by Gasteiger charge is 2.17. The molecule has 0 saturated carbocycles. The highest BCUT2D eigenvalue weighted by molar-refractivity contribution is 7.94. The number of ether oxygens (including phenoxy) is 1. The van der Waals surface area contributed by atoms with Crippen molar-refractivity contribution in [1.82, 2.24) is 5.32 Å². The number of allylic oxidation sites excluding steroid dienone is 1. The molecule has 0 spiro atoms. The number of rotatable bonds is 2. The molecule has 1 fully saturated rings. The molecular weight excluding hydrogens is 178 g/mol. The van der Waals surface area contributed by atoms with Crippen LogP contribution in [-0.2, 0) is 16.1 Å². The van der Waals surface area contributed by atoms with E-state index in [1.807, 2.05) is 0 Å². The van der Waals surface area contributed by atoms with Crippen LogP contribution in [-0.4, -0.2) is 30.5 Å². The second-order valence-electron chi connectivity index (χ2n) is 2.26. The zero-order valence-electron chi connectivity index (χ0n) is 6.50. The summed E-state index contributed by atoms with van der Waals surface area (Å²) in [6.07, 6.45) is 0.993. The van der Waals surface area contributed by atoms with Crippen LogP contribution in [0.2, 0.25) is 0 Å². The molecule has 1 saturated heterocycles. The average molecular weight is 189 g/mol. The number of hydrogen-bond donors (Lipinski definition) is 3. The van der Waals surface area contributed by atoms with Crippen molar-refractivity contribution in [2.75, 3.05) is 19.8 Å². The highest BCUT2D eigenvalue weighted by atomic mass is 32.2. The fraction of sp³-hybridized carbons (Fsp3) is 0.500. The van der Waals surface area contributed by atoms with Crippen molar-refractivity contribution in [3.05, 3.63) is 10.6 Å². The summed E-state index contributed by atoms with van der Waals surface area (Å²) in [6, 6.07) is 0. The molecule has 0 aromatic heterocycles. The van der Waals surface area contributed by atoms with Crippen LogP contribution in [0.3, 0.4) is 0 Å². The number of nitrogens with one attached hydrogen (secondary N) is 2. The van der Waals surface area contributed by atoms with Crippen molar-refractivity contribution in [3.63, 3.8) is 0 Å². The molecule has 12 heavy (non-hydrogen) atoms. The van der Waals surface area contributed by atoms with E-state index in [9.17, 15) is 4.55 Å². The van der Waals surface area contributed by atoms with Gasteiger partial charge in [0.15, 0.2) is 0 Å². The third-order valence-corrected chi connectivity index (χ3v) is 2.27.